The summed E-state index contributed by atoms with van der Waals surface area (Å²) < 4.78 is 27.5. The number of anilines is 1. The predicted molar refractivity (Wildman–Crippen MR) is 113 cm³/mol. The molecule has 28 heavy (non-hydrogen) atoms. The van der Waals surface area contributed by atoms with E-state index in [0.29, 0.717) is 18.8 Å². The standard InChI is InChI=1S/C19H30N6O2S/c1-4-24(5-2)28(26,27)15-10-9-14(3)16(13-15)25-18(21)22-17(20)23-19(25)11-7-6-8-12-19/h9-10,13H,4-8,11-12H2,1-3H3,(H4,20,21,22,23). The Hall–Kier alpha value is -2.13. The van der Waals surface area contributed by atoms with Crippen molar-refractivity contribution in [3.05, 3.63) is 23.8 Å². The van der Waals surface area contributed by atoms with E-state index in [1.807, 2.05) is 31.7 Å². The van der Waals surface area contributed by atoms with Gasteiger partial charge in [0.05, 0.1) is 10.6 Å². The van der Waals surface area contributed by atoms with Crippen LogP contribution in [0.25, 0.3) is 0 Å². The maximum absolute atomic E-state index is 13.0. The average molecular weight is 407 g/mol. The minimum Gasteiger partial charge on any atom is -0.369 e. The Morgan fingerprint density at radius 3 is 2.39 bits per heavy atom. The van der Waals surface area contributed by atoms with Gasteiger partial charge in [0, 0.05) is 13.1 Å². The third kappa shape index (κ3) is 3.48. The predicted octanol–water partition coefficient (Wildman–Crippen LogP) is 2.14. The minimum absolute atomic E-state index is 0.181. The SMILES string of the molecule is CCN(CC)S(=O)(=O)c1ccc(C)c(N2C(N)=NC(N)=NC23CCCCC3)c1. The molecule has 1 aromatic rings. The maximum Gasteiger partial charge on any atom is 0.243 e. The largest absolute Gasteiger partial charge is 0.369 e. The summed E-state index contributed by atoms with van der Waals surface area (Å²) in [6, 6.07) is 5.16. The van der Waals surface area contributed by atoms with E-state index < -0.39 is 15.7 Å². The zero-order valence-corrected chi connectivity index (χ0v) is 17.7. The number of rotatable bonds is 5. The van der Waals surface area contributed by atoms with Crippen LogP contribution in [-0.4, -0.2) is 43.4 Å². The molecule has 0 amide bonds. The molecule has 0 unspecified atom stereocenters. The molecule has 4 N–H and O–H groups in total. The molecule has 8 nitrogen and oxygen atoms in total. The van der Waals surface area contributed by atoms with Crippen molar-refractivity contribution in [1.29, 1.82) is 0 Å². The zero-order valence-electron chi connectivity index (χ0n) is 16.9. The Labute approximate surface area is 167 Å². The van der Waals surface area contributed by atoms with Crippen molar-refractivity contribution in [3.63, 3.8) is 0 Å². The van der Waals surface area contributed by atoms with Crippen LogP contribution in [0.5, 0.6) is 0 Å². The molecule has 154 valence electrons. The highest BCUT2D eigenvalue weighted by molar-refractivity contribution is 7.89. The molecular weight excluding hydrogens is 376 g/mol. The lowest BCUT2D eigenvalue weighted by molar-refractivity contribution is 0.305. The molecular formula is C19H30N6O2S. The molecule has 1 aliphatic heterocycles. The van der Waals surface area contributed by atoms with Crippen LogP contribution < -0.4 is 16.4 Å². The van der Waals surface area contributed by atoms with E-state index in [0.717, 1.165) is 37.7 Å². The smallest absolute Gasteiger partial charge is 0.243 e. The fraction of sp³-hybridized carbons (Fsp3) is 0.579. The van der Waals surface area contributed by atoms with Crippen molar-refractivity contribution in [2.45, 2.75) is 63.4 Å². The lowest BCUT2D eigenvalue weighted by Crippen LogP contribution is -2.58. The molecule has 0 bridgehead atoms. The molecule has 3 rings (SSSR count). The second-order valence-electron chi connectivity index (χ2n) is 7.36. The number of aryl methyl sites for hydroxylation is 1. The Morgan fingerprint density at radius 1 is 1.14 bits per heavy atom. The first kappa shape index (κ1) is 20.6. The summed E-state index contributed by atoms with van der Waals surface area (Å²) >= 11 is 0. The van der Waals surface area contributed by atoms with Crippen LogP contribution in [0.1, 0.15) is 51.5 Å². The lowest BCUT2D eigenvalue weighted by atomic mass is 9.87. The summed E-state index contributed by atoms with van der Waals surface area (Å²) in [5.74, 6) is 0.440. The van der Waals surface area contributed by atoms with Crippen molar-refractivity contribution < 1.29 is 8.42 Å². The summed E-state index contributed by atoms with van der Waals surface area (Å²) in [6.07, 6.45) is 4.76. The van der Waals surface area contributed by atoms with Crippen molar-refractivity contribution in [2.75, 3.05) is 18.0 Å². The van der Waals surface area contributed by atoms with Crippen molar-refractivity contribution >= 4 is 27.6 Å². The highest BCUT2D eigenvalue weighted by Crippen LogP contribution is 2.41. The van der Waals surface area contributed by atoms with Gasteiger partial charge in [0.1, 0.15) is 5.66 Å². The van der Waals surface area contributed by atoms with Gasteiger partial charge in [-0.2, -0.15) is 9.30 Å². The van der Waals surface area contributed by atoms with Gasteiger partial charge >= 0.3 is 0 Å². The maximum atomic E-state index is 13.0. The summed E-state index contributed by atoms with van der Waals surface area (Å²) in [6.45, 7) is 6.44. The van der Waals surface area contributed by atoms with Crippen molar-refractivity contribution in [2.24, 2.45) is 21.5 Å². The van der Waals surface area contributed by atoms with Gasteiger partial charge in [0.2, 0.25) is 21.9 Å². The van der Waals surface area contributed by atoms with Gasteiger partial charge in [-0.15, -0.1) is 0 Å². The molecule has 9 heteroatoms. The van der Waals surface area contributed by atoms with Crippen molar-refractivity contribution in [3.8, 4) is 0 Å². The van der Waals surface area contributed by atoms with E-state index in [1.165, 1.54) is 4.31 Å². The van der Waals surface area contributed by atoms with Gasteiger partial charge in [0.25, 0.3) is 0 Å². The van der Waals surface area contributed by atoms with E-state index in [9.17, 15) is 8.42 Å². The third-order valence-corrected chi connectivity index (χ3v) is 7.66. The van der Waals surface area contributed by atoms with Gasteiger partial charge < -0.3 is 11.5 Å². The number of hydrogen-bond donors (Lipinski definition) is 2. The number of benzene rings is 1. The zero-order chi connectivity index (χ0) is 20.5. The van der Waals surface area contributed by atoms with Gasteiger partial charge in [-0.1, -0.05) is 26.3 Å². The van der Waals surface area contributed by atoms with E-state index in [4.69, 9.17) is 11.5 Å². The van der Waals surface area contributed by atoms with Crippen LogP contribution in [0, 0.1) is 6.92 Å². The first-order valence-electron chi connectivity index (χ1n) is 9.85. The van der Waals surface area contributed by atoms with E-state index in [1.54, 1.807) is 12.1 Å². The average Bonchev–Trinajstić information content (AvgIpc) is 2.63. The fourth-order valence-corrected chi connectivity index (χ4v) is 5.65. The molecule has 1 heterocycles. The van der Waals surface area contributed by atoms with Crippen LogP contribution >= 0.6 is 0 Å². The van der Waals surface area contributed by atoms with Crippen LogP contribution in [-0.2, 0) is 10.0 Å². The van der Waals surface area contributed by atoms with E-state index >= 15 is 0 Å². The van der Waals surface area contributed by atoms with Gasteiger partial charge in [-0.05, 0) is 50.3 Å². The van der Waals surface area contributed by atoms with Crippen LogP contribution in [0.2, 0.25) is 0 Å². The third-order valence-electron chi connectivity index (χ3n) is 5.62. The normalized spacial score (nSPS) is 19.6. The molecule has 0 atom stereocenters. The number of nitrogens with zero attached hydrogens (tertiary/aromatic N) is 4. The number of nitrogens with two attached hydrogens (primary N) is 2. The second-order valence-corrected chi connectivity index (χ2v) is 9.29. The molecule has 2 aliphatic rings. The molecule has 1 aromatic carbocycles. The summed E-state index contributed by atoms with van der Waals surface area (Å²) in [7, 11) is -3.58. The Kier molecular flexibility index (Phi) is 5.67. The summed E-state index contributed by atoms with van der Waals surface area (Å²) in [4.78, 5) is 11.0. The Balaban J connectivity index is 2.13. The Morgan fingerprint density at radius 2 is 1.79 bits per heavy atom. The molecule has 0 aromatic heterocycles. The highest BCUT2D eigenvalue weighted by Gasteiger charge is 2.43. The molecule has 0 radical (unpaired) electrons. The molecule has 1 aliphatic carbocycles. The van der Waals surface area contributed by atoms with Gasteiger partial charge in [0.15, 0.2) is 0 Å². The van der Waals surface area contributed by atoms with Crippen LogP contribution in [0.15, 0.2) is 33.1 Å². The van der Waals surface area contributed by atoms with E-state index in [-0.39, 0.29) is 16.8 Å². The molecule has 1 saturated carbocycles. The highest BCUT2D eigenvalue weighted by atomic mass is 32.2. The minimum atomic E-state index is -3.58. The molecule has 1 spiro atoms. The first-order valence-corrected chi connectivity index (χ1v) is 11.3. The number of guanidine groups is 2. The lowest BCUT2D eigenvalue weighted by Gasteiger charge is -2.46. The Bertz CT molecular complexity index is 899. The summed E-state index contributed by atoms with van der Waals surface area (Å²) in [5.41, 5.74) is 13.3. The monoisotopic (exact) mass is 406 g/mol. The van der Waals surface area contributed by atoms with Crippen LogP contribution in [0.4, 0.5) is 5.69 Å². The van der Waals surface area contributed by atoms with Crippen LogP contribution in [0.3, 0.4) is 0 Å². The van der Waals surface area contributed by atoms with E-state index in [2.05, 4.69) is 9.98 Å². The second kappa shape index (κ2) is 7.71. The fourth-order valence-electron chi connectivity index (χ4n) is 4.17. The molecule has 0 saturated heterocycles. The number of hydrogen-bond acceptors (Lipinski definition) is 7. The van der Waals surface area contributed by atoms with Gasteiger partial charge in [-0.25, -0.2) is 13.4 Å². The summed E-state index contributed by atoms with van der Waals surface area (Å²) in [5, 5.41) is 0. The quantitative estimate of drug-likeness (QED) is 0.777. The van der Waals surface area contributed by atoms with Crippen molar-refractivity contribution in [1.82, 2.24) is 4.31 Å². The molecule has 1 fully saturated rings. The number of sulfonamides is 1. The topological polar surface area (TPSA) is 117 Å². The first-order chi connectivity index (χ1) is 13.2. The number of aliphatic imine (C=N–C) groups is 2. The van der Waals surface area contributed by atoms with Gasteiger partial charge in [-0.3, -0.25) is 4.90 Å².